The standard InChI is InChI=1S/C14H10BrClN2O2S/c15-8-2-4-12(19)9(6-8)14(20)18-11-3-1-7(13(17)21)5-10(11)16/h1-6,19H,(H2,17,21)(H,18,20). The van der Waals surface area contributed by atoms with E-state index in [1.54, 1.807) is 24.3 Å². The second-order valence-electron chi connectivity index (χ2n) is 4.17. The van der Waals surface area contributed by atoms with E-state index < -0.39 is 5.91 Å². The predicted molar refractivity (Wildman–Crippen MR) is 91.1 cm³/mol. The molecule has 0 heterocycles. The molecule has 4 N–H and O–H groups in total. The average Bonchev–Trinajstić information content (AvgIpc) is 2.43. The van der Waals surface area contributed by atoms with Crippen LogP contribution in [0.2, 0.25) is 5.02 Å². The summed E-state index contributed by atoms with van der Waals surface area (Å²) < 4.78 is 0.681. The fraction of sp³-hybridized carbons (Fsp3) is 0. The van der Waals surface area contributed by atoms with Crippen LogP contribution in [0.25, 0.3) is 0 Å². The van der Waals surface area contributed by atoms with Crippen molar-refractivity contribution in [3.63, 3.8) is 0 Å². The van der Waals surface area contributed by atoms with Crippen LogP contribution < -0.4 is 11.1 Å². The molecule has 0 saturated heterocycles. The zero-order valence-corrected chi connectivity index (χ0v) is 13.7. The highest BCUT2D eigenvalue weighted by Gasteiger charge is 2.13. The van der Waals surface area contributed by atoms with Crippen LogP contribution >= 0.6 is 39.7 Å². The summed E-state index contributed by atoms with van der Waals surface area (Å²) in [6.45, 7) is 0. The molecule has 2 aromatic carbocycles. The fourth-order valence-electron chi connectivity index (χ4n) is 1.65. The maximum atomic E-state index is 12.2. The molecule has 0 radical (unpaired) electrons. The minimum Gasteiger partial charge on any atom is -0.507 e. The first-order valence-electron chi connectivity index (χ1n) is 5.77. The van der Waals surface area contributed by atoms with Gasteiger partial charge in [-0.15, -0.1) is 0 Å². The summed E-state index contributed by atoms with van der Waals surface area (Å²) in [5, 5.41) is 12.7. The molecule has 0 aliphatic rings. The Kier molecular flexibility index (Phi) is 4.82. The summed E-state index contributed by atoms with van der Waals surface area (Å²) >= 11 is 14.2. The lowest BCUT2D eigenvalue weighted by Crippen LogP contribution is -2.13. The first-order valence-corrected chi connectivity index (χ1v) is 7.35. The third kappa shape index (κ3) is 3.72. The lowest BCUT2D eigenvalue weighted by atomic mass is 10.1. The number of phenols is 1. The van der Waals surface area contributed by atoms with E-state index in [-0.39, 0.29) is 16.3 Å². The Morgan fingerprint density at radius 3 is 2.62 bits per heavy atom. The normalized spacial score (nSPS) is 10.2. The molecule has 0 aliphatic heterocycles. The molecule has 0 bridgehead atoms. The van der Waals surface area contributed by atoms with Gasteiger partial charge in [-0.3, -0.25) is 4.79 Å². The third-order valence-corrected chi connectivity index (χ3v) is 3.75. The summed E-state index contributed by atoms with van der Waals surface area (Å²) in [6.07, 6.45) is 0. The molecule has 21 heavy (non-hydrogen) atoms. The fourth-order valence-corrected chi connectivity index (χ4v) is 2.37. The van der Waals surface area contributed by atoms with Crippen molar-refractivity contribution in [2.75, 3.05) is 5.32 Å². The van der Waals surface area contributed by atoms with Crippen LogP contribution in [0.3, 0.4) is 0 Å². The first kappa shape index (κ1) is 15.8. The molecule has 0 aromatic heterocycles. The van der Waals surface area contributed by atoms with Crippen molar-refractivity contribution >= 4 is 56.3 Å². The second-order valence-corrected chi connectivity index (χ2v) is 5.94. The number of anilines is 1. The van der Waals surface area contributed by atoms with E-state index in [2.05, 4.69) is 21.2 Å². The number of nitrogens with two attached hydrogens (primary N) is 1. The molecule has 0 fully saturated rings. The average molecular weight is 386 g/mol. The molecule has 2 aromatic rings. The van der Waals surface area contributed by atoms with E-state index >= 15 is 0 Å². The van der Waals surface area contributed by atoms with Gasteiger partial charge in [0.1, 0.15) is 10.7 Å². The van der Waals surface area contributed by atoms with Gasteiger partial charge in [-0.05, 0) is 36.4 Å². The number of phenolic OH excluding ortho intramolecular Hbond substituents is 1. The number of nitrogens with one attached hydrogen (secondary N) is 1. The van der Waals surface area contributed by atoms with Crippen LogP contribution in [0.1, 0.15) is 15.9 Å². The van der Waals surface area contributed by atoms with Crippen molar-refractivity contribution < 1.29 is 9.90 Å². The molecule has 7 heteroatoms. The maximum absolute atomic E-state index is 12.2. The highest BCUT2D eigenvalue weighted by Crippen LogP contribution is 2.26. The minimum absolute atomic E-state index is 0.119. The molecule has 0 atom stereocenters. The number of hydrogen-bond donors (Lipinski definition) is 3. The molecule has 0 unspecified atom stereocenters. The number of halogens is 2. The van der Waals surface area contributed by atoms with Gasteiger partial charge in [-0.25, -0.2) is 0 Å². The molecule has 0 saturated carbocycles. The Labute approximate surface area is 140 Å². The monoisotopic (exact) mass is 384 g/mol. The molecule has 0 spiro atoms. The Bertz CT molecular complexity index is 737. The van der Waals surface area contributed by atoms with E-state index in [1.807, 2.05) is 0 Å². The molecular weight excluding hydrogens is 376 g/mol. The van der Waals surface area contributed by atoms with E-state index in [9.17, 15) is 9.90 Å². The smallest absolute Gasteiger partial charge is 0.259 e. The first-order chi connectivity index (χ1) is 9.88. The van der Waals surface area contributed by atoms with Gasteiger partial charge in [0.05, 0.1) is 16.3 Å². The van der Waals surface area contributed by atoms with Crippen molar-refractivity contribution in [1.29, 1.82) is 0 Å². The van der Waals surface area contributed by atoms with Crippen LogP contribution in [0.15, 0.2) is 40.9 Å². The Balaban J connectivity index is 2.27. The topological polar surface area (TPSA) is 75.3 Å². The number of benzene rings is 2. The van der Waals surface area contributed by atoms with Crippen LogP contribution in [-0.4, -0.2) is 16.0 Å². The van der Waals surface area contributed by atoms with Crippen LogP contribution in [0, 0.1) is 0 Å². The Morgan fingerprint density at radius 2 is 2.00 bits per heavy atom. The van der Waals surface area contributed by atoms with Gasteiger partial charge in [-0.2, -0.15) is 0 Å². The van der Waals surface area contributed by atoms with Crippen molar-refractivity contribution in [3.8, 4) is 5.75 Å². The number of rotatable bonds is 3. The summed E-state index contributed by atoms with van der Waals surface area (Å²) in [5.74, 6) is -0.592. The maximum Gasteiger partial charge on any atom is 0.259 e. The summed E-state index contributed by atoms with van der Waals surface area (Å²) in [7, 11) is 0. The zero-order chi connectivity index (χ0) is 15.6. The van der Waals surface area contributed by atoms with E-state index in [4.69, 9.17) is 29.6 Å². The van der Waals surface area contributed by atoms with Gasteiger partial charge in [0.2, 0.25) is 0 Å². The number of thiocarbonyl (C=S) groups is 1. The van der Waals surface area contributed by atoms with Gasteiger partial charge in [0.15, 0.2) is 0 Å². The van der Waals surface area contributed by atoms with Crippen molar-refractivity contribution in [3.05, 3.63) is 57.0 Å². The molecular formula is C14H10BrClN2O2S. The molecule has 0 aliphatic carbocycles. The SMILES string of the molecule is NC(=S)c1ccc(NC(=O)c2cc(Br)ccc2O)c(Cl)c1. The Morgan fingerprint density at radius 1 is 1.29 bits per heavy atom. The Hall–Kier alpha value is -1.63. The summed E-state index contributed by atoms with van der Waals surface area (Å²) in [4.78, 5) is 12.4. The van der Waals surface area contributed by atoms with Crippen molar-refractivity contribution in [2.45, 2.75) is 0 Å². The largest absolute Gasteiger partial charge is 0.507 e. The minimum atomic E-state index is -0.473. The van der Waals surface area contributed by atoms with E-state index in [1.165, 1.54) is 12.1 Å². The van der Waals surface area contributed by atoms with Crippen LogP contribution in [-0.2, 0) is 0 Å². The molecule has 108 valence electrons. The van der Waals surface area contributed by atoms with Gasteiger partial charge in [0, 0.05) is 10.0 Å². The second kappa shape index (κ2) is 6.43. The third-order valence-electron chi connectivity index (χ3n) is 2.71. The van der Waals surface area contributed by atoms with Gasteiger partial charge < -0.3 is 16.2 Å². The highest BCUT2D eigenvalue weighted by molar-refractivity contribution is 9.10. The van der Waals surface area contributed by atoms with Crippen LogP contribution in [0.4, 0.5) is 5.69 Å². The van der Waals surface area contributed by atoms with Crippen molar-refractivity contribution in [1.82, 2.24) is 0 Å². The zero-order valence-electron chi connectivity index (χ0n) is 10.6. The van der Waals surface area contributed by atoms with Gasteiger partial charge in [-0.1, -0.05) is 39.7 Å². The van der Waals surface area contributed by atoms with Gasteiger partial charge in [0.25, 0.3) is 5.91 Å². The number of hydrogen-bond acceptors (Lipinski definition) is 3. The summed E-state index contributed by atoms with van der Waals surface area (Å²) in [5.41, 5.74) is 6.66. The quantitative estimate of drug-likeness (QED) is 0.704. The van der Waals surface area contributed by atoms with Crippen LogP contribution in [0.5, 0.6) is 5.75 Å². The number of carbonyl (C=O) groups is 1. The highest BCUT2D eigenvalue weighted by atomic mass is 79.9. The van der Waals surface area contributed by atoms with E-state index in [0.29, 0.717) is 20.7 Å². The van der Waals surface area contributed by atoms with Gasteiger partial charge >= 0.3 is 0 Å². The predicted octanol–water partition coefficient (Wildman–Crippen LogP) is 3.69. The lowest BCUT2D eigenvalue weighted by Gasteiger charge is -2.10. The number of carbonyl (C=O) groups excluding carboxylic acids is 1. The molecule has 1 amide bonds. The van der Waals surface area contributed by atoms with Crippen molar-refractivity contribution in [2.24, 2.45) is 5.73 Å². The molecule has 4 nitrogen and oxygen atoms in total. The number of aromatic hydroxyl groups is 1. The van der Waals surface area contributed by atoms with E-state index in [0.717, 1.165) is 0 Å². The number of amides is 1. The molecule has 2 rings (SSSR count). The summed E-state index contributed by atoms with van der Waals surface area (Å²) in [6, 6.07) is 9.41. The lowest BCUT2D eigenvalue weighted by molar-refractivity contribution is 0.102.